The summed E-state index contributed by atoms with van der Waals surface area (Å²) in [5, 5.41) is 0. The number of amides is 1. The fourth-order valence-corrected chi connectivity index (χ4v) is 2.07. The summed E-state index contributed by atoms with van der Waals surface area (Å²) in [5.41, 5.74) is 6.46. The van der Waals surface area contributed by atoms with E-state index < -0.39 is 0 Å². The number of primary amides is 1. The van der Waals surface area contributed by atoms with Gasteiger partial charge in [0.05, 0.1) is 6.54 Å². The molecule has 1 aromatic rings. The summed E-state index contributed by atoms with van der Waals surface area (Å²) in [6.07, 6.45) is 3.64. The molecule has 0 saturated carbocycles. The van der Waals surface area contributed by atoms with Gasteiger partial charge in [0.15, 0.2) is 0 Å². The molecule has 0 atom stereocenters. The van der Waals surface area contributed by atoms with Crippen LogP contribution in [0.4, 0.5) is 0 Å². The van der Waals surface area contributed by atoms with Crippen LogP contribution in [0, 0.1) is 0 Å². The van der Waals surface area contributed by atoms with Gasteiger partial charge >= 0.3 is 0 Å². The zero-order chi connectivity index (χ0) is 12.1. The molecular weight excluding hydrogens is 216 g/mol. The maximum atomic E-state index is 10.8. The Hall–Kier alpha value is -1.46. The molecule has 0 bridgehead atoms. The second kappa shape index (κ2) is 5.75. The molecule has 0 aromatic carbocycles. The van der Waals surface area contributed by atoms with Crippen LogP contribution >= 0.6 is 0 Å². The number of nitrogens with two attached hydrogens (primary N) is 1. The Morgan fingerprint density at radius 1 is 1.18 bits per heavy atom. The van der Waals surface area contributed by atoms with E-state index in [4.69, 9.17) is 5.73 Å². The highest BCUT2D eigenvalue weighted by Crippen LogP contribution is 2.07. The van der Waals surface area contributed by atoms with E-state index in [1.54, 1.807) is 0 Å². The Balaban J connectivity index is 1.78. The van der Waals surface area contributed by atoms with Gasteiger partial charge in [-0.2, -0.15) is 0 Å². The number of pyridine rings is 1. The molecule has 1 aliphatic heterocycles. The van der Waals surface area contributed by atoms with E-state index in [2.05, 4.69) is 14.8 Å². The Morgan fingerprint density at radius 2 is 1.76 bits per heavy atom. The van der Waals surface area contributed by atoms with Crippen molar-refractivity contribution in [1.29, 1.82) is 0 Å². The lowest BCUT2D eigenvalue weighted by molar-refractivity contribution is -0.119. The molecule has 0 unspecified atom stereocenters. The van der Waals surface area contributed by atoms with Gasteiger partial charge in [0.25, 0.3) is 0 Å². The molecule has 0 spiro atoms. The molecule has 1 fully saturated rings. The Kier molecular flexibility index (Phi) is 4.06. The van der Waals surface area contributed by atoms with Gasteiger partial charge < -0.3 is 5.73 Å². The summed E-state index contributed by atoms with van der Waals surface area (Å²) in [6.45, 7) is 5.11. The van der Waals surface area contributed by atoms with Crippen LogP contribution in [0.1, 0.15) is 5.56 Å². The molecule has 2 N–H and O–H groups in total. The van der Waals surface area contributed by atoms with Crippen LogP contribution in [-0.2, 0) is 11.3 Å². The van der Waals surface area contributed by atoms with E-state index in [0.29, 0.717) is 6.54 Å². The van der Waals surface area contributed by atoms with Crippen molar-refractivity contribution in [3.8, 4) is 0 Å². The van der Waals surface area contributed by atoms with Gasteiger partial charge in [0, 0.05) is 45.1 Å². The van der Waals surface area contributed by atoms with Crippen molar-refractivity contribution >= 4 is 5.91 Å². The van der Waals surface area contributed by atoms with Gasteiger partial charge in [-0.25, -0.2) is 0 Å². The lowest BCUT2D eigenvalue weighted by atomic mass is 10.2. The first-order valence-corrected chi connectivity index (χ1v) is 5.86. The molecule has 0 radical (unpaired) electrons. The molecule has 2 rings (SSSR count). The number of rotatable bonds is 4. The zero-order valence-corrected chi connectivity index (χ0v) is 9.88. The van der Waals surface area contributed by atoms with Gasteiger partial charge in [-0.05, 0) is 17.7 Å². The number of carbonyl (C=O) groups is 1. The van der Waals surface area contributed by atoms with Crippen molar-refractivity contribution in [2.24, 2.45) is 5.73 Å². The number of aromatic nitrogens is 1. The minimum absolute atomic E-state index is 0.243. The highest BCUT2D eigenvalue weighted by atomic mass is 16.1. The summed E-state index contributed by atoms with van der Waals surface area (Å²) in [5.74, 6) is -0.243. The largest absolute Gasteiger partial charge is 0.369 e. The molecular formula is C12H18N4O. The number of carbonyl (C=O) groups excluding carboxylic acids is 1. The number of nitrogens with zero attached hydrogens (tertiary/aromatic N) is 3. The maximum Gasteiger partial charge on any atom is 0.231 e. The third-order valence-electron chi connectivity index (χ3n) is 3.00. The number of piperazine rings is 1. The van der Waals surface area contributed by atoms with E-state index in [1.807, 2.05) is 24.5 Å². The van der Waals surface area contributed by atoms with Crippen LogP contribution in [-0.4, -0.2) is 53.4 Å². The minimum atomic E-state index is -0.243. The average Bonchev–Trinajstić information content (AvgIpc) is 2.32. The molecule has 0 aliphatic carbocycles. The minimum Gasteiger partial charge on any atom is -0.369 e. The summed E-state index contributed by atoms with van der Waals surface area (Å²) in [7, 11) is 0. The SMILES string of the molecule is NC(=O)CN1CCN(Cc2ccncc2)CC1. The van der Waals surface area contributed by atoms with E-state index in [0.717, 1.165) is 32.7 Å². The van der Waals surface area contributed by atoms with Crippen molar-refractivity contribution in [2.45, 2.75) is 6.54 Å². The first-order valence-electron chi connectivity index (χ1n) is 5.86. The zero-order valence-electron chi connectivity index (χ0n) is 9.88. The smallest absolute Gasteiger partial charge is 0.231 e. The van der Waals surface area contributed by atoms with E-state index in [-0.39, 0.29) is 5.91 Å². The fourth-order valence-electron chi connectivity index (χ4n) is 2.07. The number of hydrogen-bond donors (Lipinski definition) is 1. The Labute approximate surface area is 101 Å². The maximum absolute atomic E-state index is 10.8. The second-order valence-corrected chi connectivity index (χ2v) is 4.37. The van der Waals surface area contributed by atoms with Crippen molar-refractivity contribution in [2.75, 3.05) is 32.7 Å². The molecule has 1 aromatic heterocycles. The third kappa shape index (κ3) is 3.80. The van der Waals surface area contributed by atoms with Gasteiger partial charge in [-0.1, -0.05) is 0 Å². The summed E-state index contributed by atoms with van der Waals surface area (Å²) in [4.78, 5) is 19.3. The van der Waals surface area contributed by atoms with E-state index >= 15 is 0 Å². The van der Waals surface area contributed by atoms with Crippen LogP contribution in [0.5, 0.6) is 0 Å². The van der Waals surface area contributed by atoms with Crippen molar-refractivity contribution in [3.63, 3.8) is 0 Å². The normalized spacial score (nSPS) is 18.1. The molecule has 92 valence electrons. The molecule has 5 heteroatoms. The summed E-state index contributed by atoms with van der Waals surface area (Å²) >= 11 is 0. The van der Waals surface area contributed by atoms with Crippen LogP contribution in [0.25, 0.3) is 0 Å². The standard InChI is InChI=1S/C12H18N4O/c13-12(17)10-16-7-5-15(6-8-16)9-11-1-3-14-4-2-11/h1-4H,5-10H2,(H2,13,17). The van der Waals surface area contributed by atoms with Crippen LogP contribution in [0.3, 0.4) is 0 Å². The molecule has 1 amide bonds. The molecule has 2 heterocycles. The van der Waals surface area contributed by atoms with Crippen molar-refractivity contribution in [3.05, 3.63) is 30.1 Å². The third-order valence-corrected chi connectivity index (χ3v) is 3.00. The molecule has 1 saturated heterocycles. The van der Waals surface area contributed by atoms with Gasteiger partial charge in [0.1, 0.15) is 0 Å². The predicted octanol–water partition coefficient (Wildman–Crippen LogP) is -0.315. The summed E-state index contributed by atoms with van der Waals surface area (Å²) in [6, 6.07) is 4.07. The van der Waals surface area contributed by atoms with Crippen LogP contribution in [0.2, 0.25) is 0 Å². The summed E-state index contributed by atoms with van der Waals surface area (Å²) < 4.78 is 0. The highest BCUT2D eigenvalue weighted by molar-refractivity contribution is 5.75. The lowest BCUT2D eigenvalue weighted by Gasteiger charge is -2.33. The monoisotopic (exact) mass is 234 g/mol. The van der Waals surface area contributed by atoms with Crippen molar-refractivity contribution < 1.29 is 4.79 Å². The van der Waals surface area contributed by atoms with Gasteiger partial charge in [0.2, 0.25) is 5.91 Å². The van der Waals surface area contributed by atoms with Crippen molar-refractivity contribution in [1.82, 2.24) is 14.8 Å². The van der Waals surface area contributed by atoms with E-state index in [9.17, 15) is 4.79 Å². The van der Waals surface area contributed by atoms with Crippen LogP contribution < -0.4 is 5.73 Å². The number of hydrogen-bond acceptors (Lipinski definition) is 4. The Bertz CT molecular complexity index is 360. The van der Waals surface area contributed by atoms with Crippen LogP contribution in [0.15, 0.2) is 24.5 Å². The lowest BCUT2D eigenvalue weighted by Crippen LogP contribution is -2.48. The fraction of sp³-hybridized carbons (Fsp3) is 0.500. The molecule has 5 nitrogen and oxygen atoms in total. The van der Waals surface area contributed by atoms with E-state index in [1.165, 1.54) is 5.56 Å². The highest BCUT2D eigenvalue weighted by Gasteiger charge is 2.17. The topological polar surface area (TPSA) is 62.5 Å². The molecule has 1 aliphatic rings. The second-order valence-electron chi connectivity index (χ2n) is 4.37. The first-order chi connectivity index (χ1) is 8.24. The Morgan fingerprint density at radius 3 is 2.35 bits per heavy atom. The molecule has 17 heavy (non-hydrogen) atoms. The predicted molar refractivity (Wildman–Crippen MR) is 65.1 cm³/mol. The average molecular weight is 234 g/mol. The first kappa shape index (κ1) is 12.0. The quantitative estimate of drug-likeness (QED) is 0.776. The van der Waals surface area contributed by atoms with Gasteiger partial charge in [-0.3, -0.25) is 19.6 Å². The van der Waals surface area contributed by atoms with Gasteiger partial charge in [-0.15, -0.1) is 0 Å².